The first-order valence-corrected chi connectivity index (χ1v) is 8.91. The number of aromatic nitrogens is 2. The summed E-state index contributed by atoms with van der Waals surface area (Å²) in [5.41, 5.74) is 1.40. The quantitative estimate of drug-likeness (QED) is 0.698. The van der Waals surface area contributed by atoms with Gasteiger partial charge in [0.05, 0.1) is 31.2 Å². The monoisotopic (exact) mass is 367 g/mol. The van der Waals surface area contributed by atoms with E-state index in [9.17, 15) is 9.18 Å². The Labute approximate surface area is 155 Å². The molecule has 4 heterocycles. The van der Waals surface area contributed by atoms with Crippen molar-refractivity contribution in [3.05, 3.63) is 66.3 Å². The summed E-state index contributed by atoms with van der Waals surface area (Å²) in [6, 6.07) is 9.79. The predicted molar refractivity (Wildman–Crippen MR) is 94.4 cm³/mol. The van der Waals surface area contributed by atoms with Gasteiger partial charge in [0.15, 0.2) is 5.76 Å². The molecule has 0 aliphatic carbocycles. The standard InChI is InChI=1S/C20H18FN3O3/c21-15-5-3-14(4-6-15)16-10-22-18-11-27-20(13-24(16)18)7-8-23(12-20)19(25)17-2-1-9-26-17/h1-6,9-10H,7-8,11-13H2. The maximum atomic E-state index is 13.3. The Morgan fingerprint density at radius 1 is 1.19 bits per heavy atom. The Morgan fingerprint density at radius 2 is 2.04 bits per heavy atom. The molecule has 138 valence electrons. The smallest absolute Gasteiger partial charge is 0.289 e. The summed E-state index contributed by atoms with van der Waals surface area (Å²) < 4.78 is 26.8. The summed E-state index contributed by atoms with van der Waals surface area (Å²) in [6.07, 6.45) is 4.05. The minimum absolute atomic E-state index is 0.115. The summed E-state index contributed by atoms with van der Waals surface area (Å²) in [6.45, 7) is 2.13. The average Bonchev–Trinajstić information content (AvgIpc) is 3.42. The van der Waals surface area contributed by atoms with Crippen LogP contribution in [0.4, 0.5) is 4.39 Å². The largest absolute Gasteiger partial charge is 0.459 e. The van der Waals surface area contributed by atoms with Crippen molar-refractivity contribution in [3.63, 3.8) is 0 Å². The van der Waals surface area contributed by atoms with E-state index in [-0.39, 0.29) is 11.7 Å². The van der Waals surface area contributed by atoms with Crippen LogP contribution in [0.15, 0.2) is 53.3 Å². The molecule has 0 N–H and O–H groups in total. The highest BCUT2D eigenvalue weighted by molar-refractivity contribution is 5.91. The average molecular weight is 367 g/mol. The van der Waals surface area contributed by atoms with Gasteiger partial charge in [0.25, 0.3) is 5.91 Å². The number of carbonyl (C=O) groups excluding carboxylic acids is 1. The van der Waals surface area contributed by atoms with Gasteiger partial charge < -0.3 is 18.6 Å². The van der Waals surface area contributed by atoms with E-state index in [4.69, 9.17) is 9.15 Å². The van der Waals surface area contributed by atoms with Gasteiger partial charge in [0.2, 0.25) is 0 Å². The van der Waals surface area contributed by atoms with Crippen molar-refractivity contribution in [2.45, 2.75) is 25.2 Å². The van der Waals surface area contributed by atoms with Crippen molar-refractivity contribution < 1.29 is 18.3 Å². The zero-order valence-electron chi connectivity index (χ0n) is 14.6. The fourth-order valence-corrected chi connectivity index (χ4v) is 3.93. The number of fused-ring (bicyclic) bond motifs is 1. The van der Waals surface area contributed by atoms with Crippen LogP contribution in [0.5, 0.6) is 0 Å². The number of likely N-dealkylation sites (tertiary alicyclic amines) is 1. The third kappa shape index (κ3) is 2.75. The van der Waals surface area contributed by atoms with E-state index < -0.39 is 5.60 Å². The van der Waals surface area contributed by atoms with E-state index >= 15 is 0 Å². The number of imidazole rings is 1. The Hall–Kier alpha value is -2.93. The van der Waals surface area contributed by atoms with Gasteiger partial charge in [0.1, 0.15) is 23.8 Å². The molecule has 0 saturated carbocycles. The third-order valence-electron chi connectivity index (χ3n) is 5.37. The molecule has 1 amide bonds. The Morgan fingerprint density at radius 3 is 2.81 bits per heavy atom. The normalized spacial score (nSPS) is 21.6. The number of carbonyl (C=O) groups is 1. The van der Waals surface area contributed by atoms with Crippen molar-refractivity contribution in [3.8, 4) is 11.3 Å². The number of hydrogen-bond donors (Lipinski definition) is 0. The first-order chi connectivity index (χ1) is 13.1. The fourth-order valence-electron chi connectivity index (χ4n) is 3.93. The van der Waals surface area contributed by atoms with Crippen LogP contribution >= 0.6 is 0 Å². The summed E-state index contributed by atoms with van der Waals surface area (Å²) in [4.78, 5) is 18.8. The molecule has 1 atom stereocenters. The third-order valence-corrected chi connectivity index (χ3v) is 5.37. The molecule has 1 spiro atoms. The lowest BCUT2D eigenvalue weighted by Gasteiger charge is -2.35. The number of amides is 1. The second kappa shape index (κ2) is 6.06. The topological polar surface area (TPSA) is 60.5 Å². The lowest BCUT2D eigenvalue weighted by Crippen LogP contribution is -2.45. The lowest BCUT2D eigenvalue weighted by molar-refractivity contribution is -0.0805. The van der Waals surface area contributed by atoms with E-state index in [1.807, 2.05) is 0 Å². The minimum Gasteiger partial charge on any atom is -0.459 e. The van der Waals surface area contributed by atoms with Crippen LogP contribution in [0.1, 0.15) is 22.8 Å². The van der Waals surface area contributed by atoms with Crippen LogP contribution in [0.3, 0.4) is 0 Å². The maximum Gasteiger partial charge on any atom is 0.289 e. The highest BCUT2D eigenvalue weighted by Crippen LogP contribution is 2.35. The van der Waals surface area contributed by atoms with Gasteiger partial charge in [-0.3, -0.25) is 4.79 Å². The second-order valence-electron chi connectivity index (χ2n) is 7.08. The first kappa shape index (κ1) is 16.3. The molecule has 0 bridgehead atoms. The van der Waals surface area contributed by atoms with Crippen LogP contribution in [-0.4, -0.2) is 39.0 Å². The second-order valence-corrected chi connectivity index (χ2v) is 7.08. The molecule has 2 aromatic heterocycles. The van der Waals surface area contributed by atoms with E-state index in [0.29, 0.717) is 32.0 Å². The van der Waals surface area contributed by atoms with E-state index in [1.54, 1.807) is 35.4 Å². The van der Waals surface area contributed by atoms with E-state index in [0.717, 1.165) is 23.5 Å². The summed E-state index contributed by atoms with van der Waals surface area (Å²) in [5, 5.41) is 0. The highest BCUT2D eigenvalue weighted by atomic mass is 19.1. The molecular weight excluding hydrogens is 349 g/mol. The van der Waals surface area contributed by atoms with Crippen LogP contribution in [0, 0.1) is 5.82 Å². The van der Waals surface area contributed by atoms with Gasteiger partial charge in [0, 0.05) is 6.54 Å². The van der Waals surface area contributed by atoms with Gasteiger partial charge >= 0.3 is 0 Å². The zero-order chi connectivity index (χ0) is 18.4. The van der Waals surface area contributed by atoms with Crippen LogP contribution in [0.2, 0.25) is 0 Å². The van der Waals surface area contributed by atoms with Crippen molar-refractivity contribution in [1.29, 1.82) is 0 Å². The summed E-state index contributed by atoms with van der Waals surface area (Å²) >= 11 is 0. The van der Waals surface area contributed by atoms with Crippen LogP contribution in [-0.2, 0) is 17.9 Å². The fraction of sp³-hybridized carbons (Fsp3) is 0.300. The molecular formula is C20H18FN3O3. The molecule has 5 rings (SSSR count). The number of halogens is 1. The number of rotatable bonds is 2. The SMILES string of the molecule is O=C(c1ccco1)N1CCC2(C1)Cn1c(-c3ccc(F)cc3)cnc1CO2. The molecule has 7 heteroatoms. The van der Waals surface area contributed by atoms with Gasteiger partial charge in [-0.25, -0.2) is 9.37 Å². The van der Waals surface area contributed by atoms with Gasteiger partial charge in [-0.1, -0.05) is 0 Å². The van der Waals surface area contributed by atoms with Crippen molar-refractivity contribution in [2.75, 3.05) is 13.1 Å². The van der Waals surface area contributed by atoms with Crippen molar-refractivity contribution in [1.82, 2.24) is 14.5 Å². The molecule has 1 saturated heterocycles. The predicted octanol–water partition coefficient (Wildman–Crippen LogP) is 3.10. The molecule has 2 aliphatic heterocycles. The summed E-state index contributed by atoms with van der Waals surface area (Å²) in [7, 11) is 0. The van der Waals surface area contributed by atoms with Gasteiger partial charge in [-0.2, -0.15) is 0 Å². The molecule has 1 aromatic carbocycles. The Bertz CT molecular complexity index is 981. The number of benzene rings is 1. The number of hydrogen-bond acceptors (Lipinski definition) is 4. The summed E-state index contributed by atoms with van der Waals surface area (Å²) in [5.74, 6) is 0.810. The first-order valence-electron chi connectivity index (χ1n) is 8.91. The highest BCUT2D eigenvalue weighted by Gasteiger charge is 2.45. The molecule has 0 radical (unpaired) electrons. The molecule has 2 aliphatic rings. The van der Waals surface area contributed by atoms with Gasteiger partial charge in [-0.15, -0.1) is 0 Å². The molecule has 1 unspecified atom stereocenters. The van der Waals surface area contributed by atoms with Crippen LogP contribution in [0.25, 0.3) is 11.3 Å². The minimum atomic E-state index is -0.440. The van der Waals surface area contributed by atoms with Crippen LogP contribution < -0.4 is 0 Å². The molecule has 27 heavy (non-hydrogen) atoms. The Kier molecular flexibility index (Phi) is 3.65. The van der Waals surface area contributed by atoms with Gasteiger partial charge in [-0.05, 0) is 48.4 Å². The molecule has 1 fully saturated rings. The molecule has 3 aromatic rings. The number of furan rings is 1. The Balaban J connectivity index is 1.40. The molecule has 6 nitrogen and oxygen atoms in total. The van der Waals surface area contributed by atoms with Crippen molar-refractivity contribution >= 4 is 5.91 Å². The lowest BCUT2D eigenvalue weighted by atomic mass is 10.0. The van der Waals surface area contributed by atoms with Crippen molar-refractivity contribution in [2.24, 2.45) is 0 Å². The maximum absolute atomic E-state index is 13.3. The number of nitrogens with zero attached hydrogens (tertiary/aromatic N) is 3. The zero-order valence-corrected chi connectivity index (χ0v) is 14.6. The number of ether oxygens (including phenoxy) is 1. The van der Waals surface area contributed by atoms with E-state index in [1.165, 1.54) is 18.4 Å². The van der Waals surface area contributed by atoms with E-state index in [2.05, 4.69) is 9.55 Å².